The normalized spacial score (nSPS) is 10.6. The maximum atomic E-state index is 13.6. The molecule has 3 nitrogen and oxygen atoms in total. The smallest absolute Gasteiger partial charge is 0.231 e. The molecule has 0 radical (unpaired) electrons. The largest absolute Gasteiger partial charge is 0.369 e. The summed E-state index contributed by atoms with van der Waals surface area (Å²) in [5, 5.41) is 2.82. The number of hydrogen-bond acceptors (Lipinski definition) is 2. The quantitative estimate of drug-likeness (QED) is 0.889. The highest BCUT2D eigenvalue weighted by Crippen LogP contribution is 2.27. The number of primary amides is 1. The maximum Gasteiger partial charge on any atom is 0.231 e. The number of amides is 1. The molecule has 0 aromatic heterocycles. The van der Waals surface area contributed by atoms with Crippen molar-refractivity contribution in [2.24, 2.45) is 5.73 Å². The van der Waals surface area contributed by atoms with Crippen molar-refractivity contribution in [1.29, 1.82) is 0 Å². The van der Waals surface area contributed by atoms with E-state index in [0.717, 1.165) is 5.56 Å². The molecule has 0 fully saturated rings. The average molecular weight is 294 g/mol. The third kappa shape index (κ3) is 3.82. The molecule has 6 heteroatoms. The van der Waals surface area contributed by atoms with Gasteiger partial charge in [-0.2, -0.15) is 0 Å². The predicted octanol–water partition coefficient (Wildman–Crippen LogP) is 2.35. The molecule has 0 spiro atoms. The Kier molecular flexibility index (Phi) is 4.59. The van der Waals surface area contributed by atoms with Gasteiger partial charge in [-0.3, -0.25) is 4.79 Å². The standard InChI is InChI=1S/C15H13F3N2O/c16-11-5-12(17)15(13(18)6-11)10-3-1-9(2-4-10)7-20-8-14(19)21/h1-6,20H,7-8H2,(H2,19,21). The van der Waals surface area contributed by atoms with E-state index < -0.39 is 23.4 Å². The lowest BCUT2D eigenvalue weighted by Crippen LogP contribution is -2.28. The van der Waals surface area contributed by atoms with Crippen LogP contribution in [0.5, 0.6) is 0 Å². The van der Waals surface area contributed by atoms with Crippen LogP contribution in [-0.4, -0.2) is 12.5 Å². The van der Waals surface area contributed by atoms with Crippen LogP contribution >= 0.6 is 0 Å². The van der Waals surface area contributed by atoms with E-state index in [1.807, 2.05) is 0 Å². The summed E-state index contributed by atoms with van der Waals surface area (Å²) in [4.78, 5) is 10.6. The van der Waals surface area contributed by atoms with E-state index in [1.165, 1.54) is 12.1 Å². The molecular weight excluding hydrogens is 281 g/mol. The van der Waals surface area contributed by atoms with Gasteiger partial charge in [-0.1, -0.05) is 24.3 Å². The first-order chi connectivity index (χ1) is 9.97. The van der Waals surface area contributed by atoms with Crippen molar-refractivity contribution in [3.05, 3.63) is 59.4 Å². The minimum Gasteiger partial charge on any atom is -0.369 e. The van der Waals surface area contributed by atoms with Gasteiger partial charge in [0, 0.05) is 18.7 Å². The summed E-state index contributed by atoms with van der Waals surface area (Å²) in [7, 11) is 0. The number of nitrogens with one attached hydrogen (secondary N) is 1. The van der Waals surface area contributed by atoms with Crippen LogP contribution in [0.3, 0.4) is 0 Å². The Hall–Kier alpha value is -2.34. The van der Waals surface area contributed by atoms with Crippen molar-refractivity contribution >= 4 is 5.91 Å². The fourth-order valence-corrected chi connectivity index (χ4v) is 1.94. The Labute approximate surface area is 119 Å². The van der Waals surface area contributed by atoms with Gasteiger partial charge in [-0.05, 0) is 11.1 Å². The summed E-state index contributed by atoms with van der Waals surface area (Å²) < 4.78 is 40.2. The van der Waals surface area contributed by atoms with Crippen LogP contribution in [0, 0.1) is 17.5 Å². The number of halogens is 3. The lowest BCUT2D eigenvalue weighted by molar-refractivity contribution is -0.117. The number of benzene rings is 2. The van der Waals surface area contributed by atoms with E-state index in [4.69, 9.17) is 5.73 Å². The summed E-state index contributed by atoms with van der Waals surface area (Å²) >= 11 is 0. The third-order valence-electron chi connectivity index (χ3n) is 2.88. The molecule has 2 rings (SSSR count). The number of rotatable bonds is 5. The van der Waals surface area contributed by atoms with Crippen LogP contribution in [0.1, 0.15) is 5.56 Å². The molecule has 0 unspecified atom stereocenters. The van der Waals surface area contributed by atoms with Gasteiger partial charge in [0.1, 0.15) is 17.5 Å². The van der Waals surface area contributed by atoms with Gasteiger partial charge in [0.25, 0.3) is 0 Å². The topological polar surface area (TPSA) is 55.1 Å². The Morgan fingerprint density at radius 1 is 1.05 bits per heavy atom. The number of nitrogens with two attached hydrogens (primary N) is 1. The zero-order valence-corrected chi connectivity index (χ0v) is 11.0. The summed E-state index contributed by atoms with van der Waals surface area (Å²) in [5.41, 5.74) is 5.85. The third-order valence-corrected chi connectivity index (χ3v) is 2.88. The first-order valence-electron chi connectivity index (χ1n) is 6.20. The van der Waals surface area contributed by atoms with Crippen molar-refractivity contribution in [2.75, 3.05) is 6.54 Å². The molecule has 0 heterocycles. The Morgan fingerprint density at radius 3 is 2.14 bits per heavy atom. The second kappa shape index (κ2) is 6.41. The van der Waals surface area contributed by atoms with Crippen molar-refractivity contribution < 1.29 is 18.0 Å². The molecule has 0 aliphatic heterocycles. The van der Waals surface area contributed by atoms with Crippen molar-refractivity contribution in [3.8, 4) is 11.1 Å². The minimum absolute atomic E-state index is 0.0446. The van der Waals surface area contributed by atoms with Gasteiger partial charge in [-0.15, -0.1) is 0 Å². The number of carbonyl (C=O) groups excluding carboxylic acids is 1. The van der Waals surface area contributed by atoms with Crippen LogP contribution in [0.25, 0.3) is 11.1 Å². The molecule has 3 N–H and O–H groups in total. The minimum atomic E-state index is -0.957. The molecule has 110 valence electrons. The molecule has 1 amide bonds. The second-order valence-electron chi connectivity index (χ2n) is 4.51. The summed E-state index contributed by atoms with van der Waals surface area (Å²) in [6.07, 6.45) is 0. The summed E-state index contributed by atoms with van der Waals surface area (Å²) in [6, 6.07) is 7.65. The molecule has 0 saturated heterocycles. The van der Waals surface area contributed by atoms with Gasteiger partial charge in [0.2, 0.25) is 5.91 Å². The molecule has 0 saturated carbocycles. The molecular formula is C15H13F3N2O. The number of carbonyl (C=O) groups is 1. The Balaban J connectivity index is 2.18. The van der Waals surface area contributed by atoms with Crippen molar-refractivity contribution in [2.45, 2.75) is 6.54 Å². The lowest BCUT2D eigenvalue weighted by Gasteiger charge is -2.07. The monoisotopic (exact) mass is 294 g/mol. The molecule has 2 aromatic carbocycles. The predicted molar refractivity (Wildman–Crippen MR) is 72.7 cm³/mol. The highest BCUT2D eigenvalue weighted by molar-refractivity contribution is 5.75. The molecule has 0 aliphatic rings. The van der Waals surface area contributed by atoms with Gasteiger partial charge in [0.15, 0.2) is 0 Å². The average Bonchev–Trinajstić information content (AvgIpc) is 2.39. The Morgan fingerprint density at radius 2 is 1.62 bits per heavy atom. The van der Waals surface area contributed by atoms with E-state index in [9.17, 15) is 18.0 Å². The van der Waals surface area contributed by atoms with Crippen LogP contribution in [0.2, 0.25) is 0 Å². The van der Waals surface area contributed by atoms with Crippen LogP contribution < -0.4 is 11.1 Å². The van der Waals surface area contributed by atoms with E-state index in [2.05, 4.69) is 5.32 Å². The first kappa shape index (κ1) is 15.1. The lowest BCUT2D eigenvalue weighted by atomic mass is 10.0. The first-order valence-corrected chi connectivity index (χ1v) is 6.20. The molecule has 21 heavy (non-hydrogen) atoms. The molecule has 0 bridgehead atoms. The Bertz CT molecular complexity index is 633. The summed E-state index contributed by atoms with van der Waals surface area (Å²) in [5.74, 6) is -3.33. The zero-order valence-electron chi connectivity index (χ0n) is 11.0. The van der Waals surface area contributed by atoms with E-state index >= 15 is 0 Å². The van der Waals surface area contributed by atoms with Gasteiger partial charge in [0.05, 0.1) is 12.1 Å². The van der Waals surface area contributed by atoms with Gasteiger partial charge < -0.3 is 11.1 Å². The SMILES string of the molecule is NC(=O)CNCc1ccc(-c2c(F)cc(F)cc2F)cc1. The highest BCUT2D eigenvalue weighted by Gasteiger charge is 2.13. The number of hydrogen-bond donors (Lipinski definition) is 2. The van der Waals surface area contributed by atoms with Gasteiger partial charge >= 0.3 is 0 Å². The van der Waals surface area contributed by atoms with Crippen LogP contribution in [-0.2, 0) is 11.3 Å². The second-order valence-corrected chi connectivity index (χ2v) is 4.51. The fraction of sp³-hybridized carbons (Fsp3) is 0.133. The fourth-order valence-electron chi connectivity index (χ4n) is 1.94. The van der Waals surface area contributed by atoms with Gasteiger partial charge in [-0.25, -0.2) is 13.2 Å². The van der Waals surface area contributed by atoms with E-state index in [0.29, 0.717) is 24.2 Å². The van der Waals surface area contributed by atoms with Crippen LogP contribution in [0.15, 0.2) is 36.4 Å². The molecule has 0 aliphatic carbocycles. The highest BCUT2D eigenvalue weighted by atomic mass is 19.1. The maximum absolute atomic E-state index is 13.6. The zero-order chi connectivity index (χ0) is 15.4. The molecule has 0 atom stereocenters. The van der Waals surface area contributed by atoms with Crippen LogP contribution in [0.4, 0.5) is 13.2 Å². The van der Waals surface area contributed by atoms with Crippen molar-refractivity contribution in [3.63, 3.8) is 0 Å². The van der Waals surface area contributed by atoms with E-state index in [-0.39, 0.29) is 12.1 Å². The van der Waals surface area contributed by atoms with Crippen molar-refractivity contribution in [1.82, 2.24) is 5.32 Å². The summed E-state index contributed by atoms with van der Waals surface area (Å²) in [6.45, 7) is 0.445. The molecule has 2 aromatic rings. The van der Waals surface area contributed by atoms with E-state index in [1.54, 1.807) is 12.1 Å².